The van der Waals surface area contributed by atoms with E-state index in [0.717, 1.165) is 30.6 Å². The number of rotatable bonds is 2. The van der Waals surface area contributed by atoms with Crippen molar-refractivity contribution in [2.75, 3.05) is 0 Å². The van der Waals surface area contributed by atoms with Crippen LogP contribution in [0.15, 0.2) is 24.3 Å². The standard InChI is InChI=1S/C15H19NO/c1-12-7-5-6-9-14(12)17-15-10-4-2-3-8-13(15)11-16/h5-7,9,13,15H,2-4,8,10H2,1H3. The van der Waals surface area contributed by atoms with Crippen molar-refractivity contribution in [1.29, 1.82) is 5.26 Å². The summed E-state index contributed by atoms with van der Waals surface area (Å²) in [5.74, 6) is 0.983. The zero-order valence-electron chi connectivity index (χ0n) is 10.4. The number of aryl methyl sites for hydroxylation is 1. The van der Waals surface area contributed by atoms with Crippen molar-refractivity contribution < 1.29 is 4.74 Å². The number of ether oxygens (including phenoxy) is 1. The second kappa shape index (κ2) is 5.72. The van der Waals surface area contributed by atoms with Crippen molar-refractivity contribution in [3.8, 4) is 11.8 Å². The van der Waals surface area contributed by atoms with Crippen LogP contribution in [0, 0.1) is 24.2 Å². The molecule has 0 N–H and O–H groups in total. The van der Waals surface area contributed by atoms with Gasteiger partial charge in [-0.05, 0) is 37.8 Å². The van der Waals surface area contributed by atoms with E-state index in [2.05, 4.69) is 6.07 Å². The van der Waals surface area contributed by atoms with Crippen LogP contribution in [0.3, 0.4) is 0 Å². The van der Waals surface area contributed by atoms with Gasteiger partial charge in [-0.1, -0.05) is 31.0 Å². The highest BCUT2D eigenvalue weighted by atomic mass is 16.5. The SMILES string of the molecule is Cc1ccccc1OC1CCCCCC1C#N. The fourth-order valence-corrected chi connectivity index (χ4v) is 2.41. The third-order valence-electron chi connectivity index (χ3n) is 3.49. The first-order valence-corrected chi connectivity index (χ1v) is 6.43. The Hall–Kier alpha value is -1.49. The first-order valence-electron chi connectivity index (χ1n) is 6.43. The summed E-state index contributed by atoms with van der Waals surface area (Å²) in [6.07, 6.45) is 5.62. The van der Waals surface area contributed by atoms with Gasteiger partial charge in [0.05, 0.1) is 12.0 Å². The summed E-state index contributed by atoms with van der Waals surface area (Å²) in [5, 5.41) is 9.20. The Labute approximate surface area is 103 Å². The van der Waals surface area contributed by atoms with Crippen molar-refractivity contribution >= 4 is 0 Å². The lowest BCUT2D eigenvalue weighted by molar-refractivity contribution is 0.151. The van der Waals surface area contributed by atoms with Crippen LogP contribution in [0.5, 0.6) is 5.75 Å². The van der Waals surface area contributed by atoms with Crippen LogP contribution in [-0.2, 0) is 0 Å². The third kappa shape index (κ3) is 3.00. The molecule has 0 aromatic heterocycles. The number of nitrogens with zero attached hydrogens (tertiary/aromatic N) is 1. The molecule has 0 amide bonds. The zero-order chi connectivity index (χ0) is 12.1. The molecule has 2 atom stereocenters. The third-order valence-corrected chi connectivity index (χ3v) is 3.49. The molecular formula is C15H19NO. The van der Waals surface area contributed by atoms with Gasteiger partial charge >= 0.3 is 0 Å². The average molecular weight is 229 g/mol. The van der Waals surface area contributed by atoms with Crippen LogP contribution in [-0.4, -0.2) is 6.10 Å². The van der Waals surface area contributed by atoms with Crippen LogP contribution < -0.4 is 4.74 Å². The van der Waals surface area contributed by atoms with E-state index in [1.807, 2.05) is 31.2 Å². The lowest BCUT2D eigenvalue weighted by atomic mass is 9.99. The average Bonchev–Trinajstić information content (AvgIpc) is 2.57. The Balaban J connectivity index is 2.10. The first-order chi connectivity index (χ1) is 8.31. The van der Waals surface area contributed by atoms with Crippen LogP contribution in [0.2, 0.25) is 0 Å². The summed E-state index contributed by atoms with van der Waals surface area (Å²) in [7, 11) is 0. The molecular weight excluding hydrogens is 210 g/mol. The topological polar surface area (TPSA) is 33.0 Å². The number of para-hydroxylation sites is 1. The van der Waals surface area contributed by atoms with E-state index < -0.39 is 0 Å². The predicted octanol–water partition coefficient (Wildman–Crippen LogP) is 3.85. The Bertz CT molecular complexity index is 408. The lowest BCUT2D eigenvalue weighted by Gasteiger charge is -2.22. The molecule has 2 rings (SSSR count). The van der Waals surface area contributed by atoms with E-state index in [-0.39, 0.29) is 12.0 Å². The van der Waals surface area contributed by atoms with Gasteiger partial charge in [0.25, 0.3) is 0 Å². The van der Waals surface area contributed by atoms with E-state index in [9.17, 15) is 5.26 Å². The number of nitriles is 1. The van der Waals surface area contributed by atoms with Gasteiger partial charge in [-0.2, -0.15) is 5.26 Å². The minimum absolute atomic E-state index is 0.0529. The van der Waals surface area contributed by atoms with Crippen LogP contribution in [0.25, 0.3) is 0 Å². The van der Waals surface area contributed by atoms with Crippen molar-refractivity contribution in [2.24, 2.45) is 5.92 Å². The maximum absolute atomic E-state index is 9.20. The zero-order valence-corrected chi connectivity index (χ0v) is 10.4. The van der Waals surface area contributed by atoms with Gasteiger partial charge in [-0.3, -0.25) is 0 Å². The molecule has 2 nitrogen and oxygen atoms in total. The smallest absolute Gasteiger partial charge is 0.122 e. The molecule has 1 saturated carbocycles. The molecule has 0 saturated heterocycles. The van der Waals surface area contributed by atoms with Crippen LogP contribution >= 0.6 is 0 Å². The molecule has 0 heterocycles. The molecule has 2 unspecified atom stereocenters. The maximum atomic E-state index is 9.20. The minimum atomic E-state index is 0.0529. The predicted molar refractivity (Wildman–Crippen MR) is 67.8 cm³/mol. The van der Waals surface area contributed by atoms with Gasteiger partial charge < -0.3 is 4.74 Å². The molecule has 1 aliphatic rings. The van der Waals surface area contributed by atoms with Crippen molar-refractivity contribution in [1.82, 2.24) is 0 Å². The highest BCUT2D eigenvalue weighted by molar-refractivity contribution is 5.32. The van der Waals surface area contributed by atoms with Gasteiger partial charge in [-0.25, -0.2) is 0 Å². The summed E-state index contributed by atoms with van der Waals surface area (Å²) < 4.78 is 6.05. The molecule has 0 bridgehead atoms. The second-order valence-corrected chi connectivity index (χ2v) is 4.80. The van der Waals surface area contributed by atoms with E-state index in [1.165, 1.54) is 12.8 Å². The van der Waals surface area contributed by atoms with Crippen LogP contribution in [0.1, 0.15) is 37.7 Å². The fraction of sp³-hybridized carbons (Fsp3) is 0.533. The fourth-order valence-electron chi connectivity index (χ4n) is 2.41. The summed E-state index contributed by atoms with van der Waals surface area (Å²) in [5.41, 5.74) is 1.15. The Morgan fingerprint density at radius 3 is 2.71 bits per heavy atom. The maximum Gasteiger partial charge on any atom is 0.122 e. The number of hydrogen-bond donors (Lipinski definition) is 0. The van der Waals surface area contributed by atoms with Crippen molar-refractivity contribution in [3.63, 3.8) is 0 Å². The number of benzene rings is 1. The van der Waals surface area contributed by atoms with Gasteiger partial charge in [0.1, 0.15) is 11.9 Å². The monoisotopic (exact) mass is 229 g/mol. The first kappa shape index (κ1) is 12.0. The molecule has 1 aromatic carbocycles. The number of hydrogen-bond acceptors (Lipinski definition) is 2. The minimum Gasteiger partial charge on any atom is -0.489 e. The molecule has 0 radical (unpaired) electrons. The van der Waals surface area contributed by atoms with E-state index in [1.54, 1.807) is 0 Å². The van der Waals surface area contributed by atoms with E-state index in [0.29, 0.717) is 0 Å². The molecule has 90 valence electrons. The highest BCUT2D eigenvalue weighted by Gasteiger charge is 2.25. The van der Waals surface area contributed by atoms with E-state index in [4.69, 9.17) is 4.74 Å². The molecule has 0 aliphatic heterocycles. The summed E-state index contributed by atoms with van der Waals surface area (Å²) in [6.45, 7) is 2.05. The quantitative estimate of drug-likeness (QED) is 0.722. The molecule has 0 spiro atoms. The van der Waals surface area contributed by atoms with Crippen molar-refractivity contribution in [3.05, 3.63) is 29.8 Å². The lowest BCUT2D eigenvalue weighted by Crippen LogP contribution is -2.25. The van der Waals surface area contributed by atoms with E-state index >= 15 is 0 Å². The van der Waals surface area contributed by atoms with Crippen molar-refractivity contribution in [2.45, 2.75) is 45.1 Å². The van der Waals surface area contributed by atoms with Crippen LogP contribution in [0.4, 0.5) is 0 Å². The summed E-state index contributed by atoms with van der Waals surface area (Å²) in [6, 6.07) is 10.4. The van der Waals surface area contributed by atoms with Gasteiger partial charge in [-0.15, -0.1) is 0 Å². The molecule has 1 fully saturated rings. The summed E-state index contributed by atoms with van der Waals surface area (Å²) in [4.78, 5) is 0. The molecule has 1 aliphatic carbocycles. The molecule has 1 aromatic rings. The second-order valence-electron chi connectivity index (χ2n) is 4.80. The highest BCUT2D eigenvalue weighted by Crippen LogP contribution is 2.28. The largest absolute Gasteiger partial charge is 0.489 e. The normalized spacial score (nSPS) is 24.7. The van der Waals surface area contributed by atoms with Gasteiger partial charge in [0.15, 0.2) is 0 Å². The molecule has 17 heavy (non-hydrogen) atoms. The Morgan fingerprint density at radius 2 is 1.94 bits per heavy atom. The Kier molecular flexibility index (Phi) is 4.03. The molecule has 2 heteroatoms. The Morgan fingerprint density at radius 1 is 1.18 bits per heavy atom. The van der Waals surface area contributed by atoms with Gasteiger partial charge in [0, 0.05) is 0 Å². The van der Waals surface area contributed by atoms with Gasteiger partial charge in [0.2, 0.25) is 0 Å². The summed E-state index contributed by atoms with van der Waals surface area (Å²) >= 11 is 0.